The van der Waals surface area contributed by atoms with Crippen LogP contribution in [0.3, 0.4) is 0 Å². The third-order valence-corrected chi connectivity index (χ3v) is 3.48. The normalized spacial score (nSPS) is 18.6. The van der Waals surface area contributed by atoms with Crippen LogP contribution in [0.25, 0.3) is 11.4 Å². The summed E-state index contributed by atoms with van der Waals surface area (Å²) < 4.78 is 0. The van der Waals surface area contributed by atoms with Gasteiger partial charge in [0.1, 0.15) is 5.82 Å². The van der Waals surface area contributed by atoms with Crippen LogP contribution in [-0.4, -0.2) is 31.2 Å². The van der Waals surface area contributed by atoms with Crippen LogP contribution in [0.2, 0.25) is 0 Å². The summed E-state index contributed by atoms with van der Waals surface area (Å²) >= 11 is 0. The third kappa shape index (κ3) is 1.70. The monoisotopic (exact) mass is 246 g/mol. The van der Waals surface area contributed by atoms with E-state index in [1.807, 2.05) is 6.92 Å². The van der Waals surface area contributed by atoms with Crippen molar-refractivity contribution >= 4 is 5.97 Å². The highest BCUT2D eigenvalue weighted by atomic mass is 16.4. The molecule has 0 saturated heterocycles. The van der Waals surface area contributed by atoms with Gasteiger partial charge in [-0.25, -0.2) is 4.98 Å². The molecule has 0 amide bonds. The van der Waals surface area contributed by atoms with Gasteiger partial charge < -0.3 is 10.1 Å². The summed E-state index contributed by atoms with van der Waals surface area (Å²) in [7, 11) is 0. The van der Waals surface area contributed by atoms with E-state index in [9.17, 15) is 4.79 Å². The van der Waals surface area contributed by atoms with E-state index in [1.165, 1.54) is 0 Å². The first-order valence-corrected chi connectivity index (χ1v) is 5.96. The molecule has 0 bridgehead atoms. The van der Waals surface area contributed by atoms with E-state index in [0.717, 1.165) is 34.9 Å². The van der Waals surface area contributed by atoms with Crippen LogP contribution in [0.4, 0.5) is 0 Å². The number of aromatic nitrogens is 4. The summed E-state index contributed by atoms with van der Waals surface area (Å²) in [6, 6.07) is 0. The Bertz CT molecular complexity index is 599. The van der Waals surface area contributed by atoms with Gasteiger partial charge in [0.2, 0.25) is 0 Å². The van der Waals surface area contributed by atoms with Gasteiger partial charge >= 0.3 is 5.97 Å². The molecule has 6 heteroatoms. The lowest BCUT2D eigenvalue weighted by atomic mass is 9.90. The molecule has 3 N–H and O–H groups in total. The zero-order valence-electron chi connectivity index (χ0n) is 10.0. The van der Waals surface area contributed by atoms with Crippen molar-refractivity contribution in [2.24, 2.45) is 5.92 Å². The maximum absolute atomic E-state index is 11.0. The van der Waals surface area contributed by atoms with Crippen LogP contribution in [0.1, 0.15) is 23.5 Å². The van der Waals surface area contributed by atoms with Crippen molar-refractivity contribution in [3.8, 4) is 11.4 Å². The summed E-state index contributed by atoms with van der Waals surface area (Å²) in [6.07, 6.45) is 3.65. The fourth-order valence-electron chi connectivity index (χ4n) is 2.41. The molecule has 18 heavy (non-hydrogen) atoms. The van der Waals surface area contributed by atoms with Gasteiger partial charge in [-0.15, -0.1) is 0 Å². The minimum Gasteiger partial charge on any atom is -0.481 e. The Kier molecular flexibility index (Phi) is 2.43. The predicted molar refractivity (Wildman–Crippen MR) is 64.1 cm³/mol. The Balaban J connectivity index is 1.94. The molecule has 0 spiro atoms. The van der Waals surface area contributed by atoms with Crippen molar-refractivity contribution in [1.82, 2.24) is 20.2 Å². The van der Waals surface area contributed by atoms with Crippen molar-refractivity contribution in [2.75, 3.05) is 0 Å². The SMILES string of the molecule is Cc1[nH]ncc1-c1nc2c([nH]1)CC(C(=O)O)CC2. The Labute approximate surface area is 103 Å². The third-order valence-electron chi connectivity index (χ3n) is 3.48. The second kappa shape index (κ2) is 3.97. The van der Waals surface area contributed by atoms with Gasteiger partial charge in [0, 0.05) is 17.8 Å². The molecule has 1 atom stereocenters. The number of aryl methyl sites for hydroxylation is 2. The average molecular weight is 246 g/mol. The first-order chi connectivity index (χ1) is 8.65. The second-order valence-electron chi connectivity index (χ2n) is 4.70. The number of carbonyl (C=O) groups is 1. The smallest absolute Gasteiger partial charge is 0.306 e. The fraction of sp³-hybridized carbons (Fsp3) is 0.417. The summed E-state index contributed by atoms with van der Waals surface area (Å²) in [5.74, 6) is -0.246. The highest BCUT2D eigenvalue weighted by molar-refractivity contribution is 5.71. The molecule has 6 nitrogen and oxygen atoms in total. The number of aliphatic carboxylic acids is 1. The van der Waals surface area contributed by atoms with Crippen LogP contribution >= 0.6 is 0 Å². The lowest BCUT2D eigenvalue weighted by Gasteiger charge is -2.16. The van der Waals surface area contributed by atoms with Gasteiger partial charge in [-0.3, -0.25) is 9.89 Å². The number of nitrogens with one attached hydrogen (secondary N) is 2. The van der Waals surface area contributed by atoms with Crippen LogP contribution in [-0.2, 0) is 17.6 Å². The molecule has 0 saturated carbocycles. The average Bonchev–Trinajstić information content (AvgIpc) is 2.92. The molecular formula is C12H14N4O2. The molecule has 1 unspecified atom stereocenters. The van der Waals surface area contributed by atoms with E-state index in [0.29, 0.717) is 12.8 Å². The van der Waals surface area contributed by atoms with E-state index in [-0.39, 0.29) is 5.92 Å². The van der Waals surface area contributed by atoms with Gasteiger partial charge in [-0.1, -0.05) is 0 Å². The molecule has 2 aromatic heterocycles. The number of aromatic amines is 2. The maximum Gasteiger partial charge on any atom is 0.306 e. The van der Waals surface area contributed by atoms with Crippen molar-refractivity contribution < 1.29 is 9.90 Å². The molecule has 0 radical (unpaired) electrons. The van der Waals surface area contributed by atoms with Gasteiger partial charge in [0.15, 0.2) is 0 Å². The first kappa shape index (κ1) is 11.0. The van der Waals surface area contributed by atoms with Crippen LogP contribution in [0, 0.1) is 12.8 Å². The van der Waals surface area contributed by atoms with Crippen LogP contribution < -0.4 is 0 Å². The van der Waals surface area contributed by atoms with Gasteiger partial charge in [0.25, 0.3) is 0 Å². The number of hydrogen-bond acceptors (Lipinski definition) is 3. The van der Waals surface area contributed by atoms with Crippen molar-refractivity contribution in [2.45, 2.75) is 26.2 Å². The van der Waals surface area contributed by atoms with E-state index in [4.69, 9.17) is 5.11 Å². The minimum atomic E-state index is -0.726. The Morgan fingerprint density at radius 3 is 3.06 bits per heavy atom. The Hall–Kier alpha value is -2.11. The zero-order valence-corrected chi connectivity index (χ0v) is 10.0. The number of fused-ring (bicyclic) bond motifs is 1. The van der Waals surface area contributed by atoms with Gasteiger partial charge in [0.05, 0.1) is 23.4 Å². The highest BCUT2D eigenvalue weighted by Gasteiger charge is 2.27. The molecule has 3 rings (SSSR count). The molecule has 2 aromatic rings. The topological polar surface area (TPSA) is 94.7 Å². The molecule has 0 aliphatic heterocycles. The summed E-state index contributed by atoms with van der Waals surface area (Å²) in [5.41, 5.74) is 3.83. The summed E-state index contributed by atoms with van der Waals surface area (Å²) in [5, 5.41) is 15.9. The van der Waals surface area contributed by atoms with E-state index < -0.39 is 5.97 Å². The highest BCUT2D eigenvalue weighted by Crippen LogP contribution is 2.27. The number of rotatable bonds is 2. The molecule has 0 fully saturated rings. The van der Waals surface area contributed by atoms with E-state index in [2.05, 4.69) is 20.2 Å². The predicted octanol–water partition coefficient (Wildman–Crippen LogP) is 1.30. The molecule has 94 valence electrons. The minimum absolute atomic E-state index is 0.295. The first-order valence-electron chi connectivity index (χ1n) is 5.96. The maximum atomic E-state index is 11.0. The largest absolute Gasteiger partial charge is 0.481 e. The van der Waals surface area contributed by atoms with E-state index in [1.54, 1.807) is 6.20 Å². The quantitative estimate of drug-likeness (QED) is 0.744. The molecular weight excluding hydrogens is 232 g/mol. The van der Waals surface area contributed by atoms with Crippen molar-refractivity contribution in [1.29, 1.82) is 0 Å². The van der Waals surface area contributed by atoms with Gasteiger partial charge in [-0.05, 0) is 19.8 Å². The lowest BCUT2D eigenvalue weighted by Crippen LogP contribution is -2.22. The summed E-state index contributed by atoms with van der Waals surface area (Å²) in [4.78, 5) is 18.8. The van der Waals surface area contributed by atoms with E-state index >= 15 is 0 Å². The number of imidazole rings is 1. The number of carboxylic acid groups (broad SMARTS) is 1. The zero-order chi connectivity index (χ0) is 12.7. The van der Waals surface area contributed by atoms with Crippen LogP contribution in [0.15, 0.2) is 6.20 Å². The summed E-state index contributed by atoms with van der Waals surface area (Å²) in [6.45, 7) is 1.93. The number of nitrogens with zero attached hydrogens (tertiary/aromatic N) is 2. The lowest BCUT2D eigenvalue weighted by molar-refractivity contribution is -0.142. The molecule has 1 aliphatic carbocycles. The Morgan fingerprint density at radius 2 is 2.39 bits per heavy atom. The molecule has 0 aromatic carbocycles. The fourth-order valence-corrected chi connectivity index (χ4v) is 2.41. The van der Waals surface area contributed by atoms with Crippen LogP contribution in [0.5, 0.6) is 0 Å². The standard InChI is InChI=1S/C12H14N4O2/c1-6-8(5-13-16-6)11-14-9-3-2-7(12(17)18)4-10(9)15-11/h5,7H,2-4H2,1H3,(H,13,16)(H,14,15)(H,17,18). The second-order valence-corrected chi connectivity index (χ2v) is 4.70. The van der Waals surface area contributed by atoms with Crippen molar-refractivity contribution in [3.63, 3.8) is 0 Å². The number of H-pyrrole nitrogens is 2. The van der Waals surface area contributed by atoms with Crippen molar-refractivity contribution in [3.05, 3.63) is 23.3 Å². The Morgan fingerprint density at radius 1 is 1.56 bits per heavy atom. The molecule has 2 heterocycles. The number of hydrogen-bond donors (Lipinski definition) is 3. The number of carboxylic acids is 1. The molecule has 1 aliphatic rings. The van der Waals surface area contributed by atoms with Gasteiger partial charge in [-0.2, -0.15) is 5.10 Å².